The lowest BCUT2D eigenvalue weighted by Gasteiger charge is -2.30. The van der Waals surface area contributed by atoms with Gasteiger partial charge in [0, 0.05) is 18.3 Å². The van der Waals surface area contributed by atoms with Crippen LogP contribution in [-0.2, 0) is 0 Å². The molecule has 3 nitrogen and oxygen atoms in total. The standard InChI is InChI=1S/C17H22N2O/c1-13(15-8-10-16(20-4)11-9-15)19(3)14(2)17-7-5-6-12-18-17/h5-14H,1-4H3. The SMILES string of the molecule is COc1ccc(C(C)N(C)C(C)c2ccccn2)cc1. The summed E-state index contributed by atoms with van der Waals surface area (Å²) in [4.78, 5) is 6.77. The topological polar surface area (TPSA) is 25.4 Å². The molecule has 0 N–H and O–H groups in total. The number of hydrogen-bond acceptors (Lipinski definition) is 3. The van der Waals surface area contributed by atoms with E-state index in [1.54, 1.807) is 7.11 Å². The van der Waals surface area contributed by atoms with Crippen LogP contribution in [0.25, 0.3) is 0 Å². The second-order valence-electron chi connectivity index (χ2n) is 5.05. The lowest BCUT2D eigenvalue weighted by Crippen LogP contribution is -2.26. The minimum Gasteiger partial charge on any atom is -0.497 e. The summed E-state index contributed by atoms with van der Waals surface area (Å²) >= 11 is 0. The molecule has 106 valence electrons. The number of nitrogens with zero attached hydrogens (tertiary/aromatic N) is 2. The number of hydrogen-bond donors (Lipinski definition) is 0. The summed E-state index contributed by atoms with van der Waals surface area (Å²) in [6, 6.07) is 14.9. The van der Waals surface area contributed by atoms with E-state index in [0.717, 1.165) is 11.4 Å². The van der Waals surface area contributed by atoms with Crippen molar-refractivity contribution in [1.82, 2.24) is 9.88 Å². The summed E-state index contributed by atoms with van der Waals surface area (Å²) < 4.78 is 5.20. The number of benzene rings is 1. The van der Waals surface area contributed by atoms with Crippen molar-refractivity contribution >= 4 is 0 Å². The van der Waals surface area contributed by atoms with E-state index in [0.29, 0.717) is 6.04 Å². The van der Waals surface area contributed by atoms with Gasteiger partial charge in [0.05, 0.1) is 12.8 Å². The van der Waals surface area contributed by atoms with E-state index in [2.05, 4.69) is 49.0 Å². The van der Waals surface area contributed by atoms with Gasteiger partial charge in [-0.3, -0.25) is 9.88 Å². The van der Waals surface area contributed by atoms with Crippen LogP contribution in [0.3, 0.4) is 0 Å². The van der Waals surface area contributed by atoms with Gasteiger partial charge in [-0.15, -0.1) is 0 Å². The largest absolute Gasteiger partial charge is 0.497 e. The first-order chi connectivity index (χ1) is 9.63. The Bertz CT molecular complexity index is 524. The molecule has 0 aliphatic rings. The number of rotatable bonds is 5. The molecule has 0 aliphatic carbocycles. The average Bonchev–Trinajstić information content (AvgIpc) is 2.53. The van der Waals surface area contributed by atoms with Crippen molar-refractivity contribution in [3.05, 3.63) is 59.9 Å². The van der Waals surface area contributed by atoms with Crippen molar-refractivity contribution < 1.29 is 4.74 Å². The van der Waals surface area contributed by atoms with Crippen LogP contribution in [-0.4, -0.2) is 24.0 Å². The second-order valence-corrected chi connectivity index (χ2v) is 5.05. The highest BCUT2D eigenvalue weighted by atomic mass is 16.5. The Morgan fingerprint density at radius 3 is 2.25 bits per heavy atom. The first kappa shape index (κ1) is 14.5. The normalized spacial score (nSPS) is 14.1. The van der Waals surface area contributed by atoms with E-state index in [1.165, 1.54) is 5.56 Å². The molecule has 0 amide bonds. The zero-order valence-corrected chi connectivity index (χ0v) is 12.6. The van der Waals surface area contributed by atoms with Crippen molar-refractivity contribution in [3.8, 4) is 5.75 Å². The predicted octanol–water partition coefficient (Wildman–Crippen LogP) is 3.84. The molecule has 1 heterocycles. The maximum absolute atomic E-state index is 5.20. The summed E-state index contributed by atoms with van der Waals surface area (Å²) in [5.41, 5.74) is 2.37. The monoisotopic (exact) mass is 270 g/mol. The molecule has 0 saturated heterocycles. The van der Waals surface area contributed by atoms with Gasteiger partial charge in [0.2, 0.25) is 0 Å². The van der Waals surface area contributed by atoms with Crippen LogP contribution in [0.5, 0.6) is 5.75 Å². The number of ether oxygens (including phenoxy) is 1. The van der Waals surface area contributed by atoms with Gasteiger partial charge >= 0.3 is 0 Å². The van der Waals surface area contributed by atoms with Gasteiger partial charge in [0.1, 0.15) is 5.75 Å². The number of pyridine rings is 1. The Morgan fingerprint density at radius 1 is 1.00 bits per heavy atom. The van der Waals surface area contributed by atoms with E-state index in [-0.39, 0.29) is 6.04 Å². The van der Waals surface area contributed by atoms with Gasteiger partial charge in [-0.2, -0.15) is 0 Å². The smallest absolute Gasteiger partial charge is 0.118 e. The summed E-state index contributed by atoms with van der Waals surface area (Å²) in [6.45, 7) is 4.39. The summed E-state index contributed by atoms with van der Waals surface area (Å²) in [5.74, 6) is 0.890. The molecule has 0 saturated carbocycles. The van der Waals surface area contributed by atoms with E-state index < -0.39 is 0 Å². The van der Waals surface area contributed by atoms with Crippen LogP contribution >= 0.6 is 0 Å². The maximum atomic E-state index is 5.20. The number of aromatic nitrogens is 1. The van der Waals surface area contributed by atoms with Gasteiger partial charge in [0.25, 0.3) is 0 Å². The predicted molar refractivity (Wildman–Crippen MR) is 81.8 cm³/mol. The van der Waals surface area contributed by atoms with Crippen molar-refractivity contribution in [2.45, 2.75) is 25.9 Å². The zero-order valence-electron chi connectivity index (χ0n) is 12.6. The quantitative estimate of drug-likeness (QED) is 0.825. The highest BCUT2D eigenvalue weighted by molar-refractivity contribution is 5.29. The molecule has 2 unspecified atom stereocenters. The third-order valence-electron chi connectivity index (χ3n) is 3.94. The summed E-state index contributed by atoms with van der Waals surface area (Å²) in [6.07, 6.45) is 1.84. The minimum atomic E-state index is 0.272. The van der Waals surface area contributed by atoms with E-state index >= 15 is 0 Å². The van der Waals surface area contributed by atoms with E-state index in [1.807, 2.05) is 30.5 Å². The number of methoxy groups -OCH3 is 1. The Labute approximate surface area is 121 Å². The minimum absolute atomic E-state index is 0.272. The molecule has 0 aliphatic heterocycles. The molecule has 20 heavy (non-hydrogen) atoms. The first-order valence-electron chi connectivity index (χ1n) is 6.90. The molecule has 2 atom stereocenters. The average molecular weight is 270 g/mol. The molecular formula is C17H22N2O. The molecule has 1 aromatic heterocycles. The molecule has 0 radical (unpaired) electrons. The van der Waals surface area contributed by atoms with Gasteiger partial charge in [0.15, 0.2) is 0 Å². The Hall–Kier alpha value is -1.87. The molecule has 2 aromatic rings. The van der Waals surface area contributed by atoms with Gasteiger partial charge < -0.3 is 4.74 Å². The fraction of sp³-hybridized carbons (Fsp3) is 0.353. The van der Waals surface area contributed by atoms with Crippen molar-refractivity contribution in [1.29, 1.82) is 0 Å². The zero-order chi connectivity index (χ0) is 14.5. The van der Waals surface area contributed by atoms with E-state index in [4.69, 9.17) is 4.74 Å². The van der Waals surface area contributed by atoms with Crippen molar-refractivity contribution in [2.24, 2.45) is 0 Å². The van der Waals surface area contributed by atoms with Crippen molar-refractivity contribution in [2.75, 3.05) is 14.2 Å². The van der Waals surface area contributed by atoms with Crippen LogP contribution in [0.1, 0.15) is 37.2 Å². The van der Waals surface area contributed by atoms with Crippen LogP contribution in [0.2, 0.25) is 0 Å². The fourth-order valence-electron chi connectivity index (χ4n) is 2.28. The molecular weight excluding hydrogens is 248 g/mol. The molecule has 3 heteroatoms. The highest BCUT2D eigenvalue weighted by Gasteiger charge is 2.19. The van der Waals surface area contributed by atoms with Crippen LogP contribution in [0.4, 0.5) is 0 Å². The fourth-order valence-corrected chi connectivity index (χ4v) is 2.28. The van der Waals surface area contributed by atoms with Crippen LogP contribution < -0.4 is 4.74 Å². The Morgan fingerprint density at radius 2 is 1.70 bits per heavy atom. The molecule has 1 aromatic carbocycles. The third-order valence-corrected chi connectivity index (χ3v) is 3.94. The Kier molecular flexibility index (Phi) is 4.74. The molecule has 0 spiro atoms. The first-order valence-corrected chi connectivity index (χ1v) is 6.90. The maximum Gasteiger partial charge on any atom is 0.118 e. The van der Waals surface area contributed by atoms with Crippen LogP contribution in [0.15, 0.2) is 48.7 Å². The lowest BCUT2D eigenvalue weighted by molar-refractivity contribution is 0.195. The lowest BCUT2D eigenvalue weighted by atomic mass is 10.0. The summed E-state index contributed by atoms with van der Waals surface area (Å²) in [7, 11) is 3.82. The second kappa shape index (κ2) is 6.53. The summed E-state index contributed by atoms with van der Waals surface area (Å²) in [5, 5.41) is 0. The van der Waals surface area contributed by atoms with Gasteiger partial charge in [-0.25, -0.2) is 0 Å². The molecule has 0 bridgehead atoms. The third kappa shape index (κ3) is 3.17. The van der Waals surface area contributed by atoms with E-state index in [9.17, 15) is 0 Å². The van der Waals surface area contributed by atoms with Gasteiger partial charge in [-0.05, 0) is 50.7 Å². The molecule has 0 fully saturated rings. The molecule has 2 rings (SSSR count). The van der Waals surface area contributed by atoms with Gasteiger partial charge in [-0.1, -0.05) is 18.2 Å². The van der Waals surface area contributed by atoms with Crippen LogP contribution in [0, 0.1) is 0 Å². The Balaban J connectivity index is 2.13. The van der Waals surface area contributed by atoms with Crippen molar-refractivity contribution in [3.63, 3.8) is 0 Å². The highest BCUT2D eigenvalue weighted by Crippen LogP contribution is 2.28.